The zero-order valence-electron chi connectivity index (χ0n) is 14.7. The normalized spacial score (nSPS) is 12.2. The van der Waals surface area contributed by atoms with Crippen LogP contribution in [0, 0.1) is 0 Å². The van der Waals surface area contributed by atoms with Crippen molar-refractivity contribution < 1.29 is 23.1 Å². The molecule has 0 fully saturated rings. The summed E-state index contributed by atoms with van der Waals surface area (Å²) in [4.78, 5) is 13.2. The maximum Gasteiger partial charge on any atom is 0.311 e. The Kier molecular flexibility index (Phi) is 4.64. The lowest BCUT2D eigenvalue weighted by atomic mass is 10.1. The molecule has 1 aromatic carbocycles. The average Bonchev–Trinajstić information content (AvgIpc) is 3.41. The predicted molar refractivity (Wildman–Crippen MR) is 98.6 cm³/mol. The molecule has 138 valence electrons. The van der Waals surface area contributed by atoms with Crippen LogP contribution < -0.4 is 4.74 Å². The smallest absolute Gasteiger partial charge is 0.311 e. The number of carbonyl (C=O) groups is 1. The van der Waals surface area contributed by atoms with E-state index in [4.69, 9.17) is 18.3 Å². The molecule has 0 aliphatic carbocycles. The van der Waals surface area contributed by atoms with E-state index in [9.17, 15) is 4.79 Å². The number of nitrogens with zero attached hydrogens (tertiary/aromatic N) is 2. The fourth-order valence-corrected chi connectivity index (χ4v) is 3.32. The van der Waals surface area contributed by atoms with Crippen molar-refractivity contribution in [2.45, 2.75) is 19.4 Å². The number of methoxy groups -OCH3 is 1. The number of hydrogen-bond donors (Lipinski definition) is 0. The number of aromatic nitrogens is 2. The molecular weight excluding hydrogens is 368 g/mol. The summed E-state index contributed by atoms with van der Waals surface area (Å²) < 4.78 is 21.7. The van der Waals surface area contributed by atoms with Gasteiger partial charge in [-0.3, -0.25) is 4.79 Å². The van der Waals surface area contributed by atoms with Gasteiger partial charge in [0.15, 0.2) is 6.10 Å². The van der Waals surface area contributed by atoms with Crippen molar-refractivity contribution in [2.24, 2.45) is 0 Å². The first-order valence-electron chi connectivity index (χ1n) is 8.25. The Morgan fingerprint density at radius 1 is 1.30 bits per heavy atom. The quantitative estimate of drug-likeness (QED) is 0.455. The summed E-state index contributed by atoms with van der Waals surface area (Å²) in [5, 5.41) is 10.7. The maximum absolute atomic E-state index is 12.3. The van der Waals surface area contributed by atoms with E-state index in [0.29, 0.717) is 17.2 Å². The second-order valence-corrected chi connectivity index (χ2v) is 6.80. The summed E-state index contributed by atoms with van der Waals surface area (Å²) in [6, 6.07) is 9.24. The van der Waals surface area contributed by atoms with E-state index in [1.807, 2.05) is 29.6 Å². The molecule has 0 saturated heterocycles. The summed E-state index contributed by atoms with van der Waals surface area (Å²) in [6.45, 7) is 1.70. The molecule has 3 aromatic heterocycles. The van der Waals surface area contributed by atoms with Gasteiger partial charge in [-0.05, 0) is 30.5 Å². The zero-order chi connectivity index (χ0) is 18.8. The maximum atomic E-state index is 12.3. The molecule has 4 rings (SSSR count). The van der Waals surface area contributed by atoms with E-state index in [-0.39, 0.29) is 12.3 Å². The van der Waals surface area contributed by atoms with Crippen molar-refractivity contribution in [1.29, 1.82) is 0 Å². The lowest BCUT2D eigenvalue weighted by Gasteiger charge is -2.08. The molecule has 0 saturated carbocycles. The SMILES string of the molecule is COc1ccc2c(CC(=O)O[C@H](C)c3nnc(-c4cccs4)o3)coc2c1. The highest BCUT2D eigenvalue weighted by Gasteiger charge is 2.20. The van der Waals surface area contributed by atoms with Crippen LogP contribution in [0.5, 0.6) is 5.75 Å². The average molecular weight is 384 g/mol. The van der Waals surface area contributed by atoms with Crippen molar-refractivity contribution in [3.63, 3.8) is 0 Å². The van der Waals surface area contributed by atoms with E-state index in [1.165, 1.54) is 11.3 Å². The summed E-state index contributed by atoms with van der Waals surface area (Å²) in [6.07, 6.45) is 0.990. The van der Waals surface area contributed by atoms with Crippen molar-refractivity contribution >= 4 is 28.3 Å². The molecule has 0 aliphatic rings. The van der Waals surface area contributed by atoms with Crippen LogP contribution in [0.2, 0.25) is 0 Å². The van der Waals surface area contributed by atoms with Gasteiger partial charge in [0, 0.05) is 17.0 Å². The van der Waals surface area contributed by atoms with E-state index in [1.54, 1.807) is 26.4 Å². The van der Waals surface area contributed by atoms with Crippen LogP contribution >= 0.6 is 11.3 Å². The second kappa shape index (κ2) is 7.24. The number of furan rings is 1. The third-order valence-corrected chi connectivity index (χ3v) is 4.88. The molecule has 0 spiro atoms. The van der Waals surface area contributed by atoms with Crippen LogP contribution in [0.4, 0.5) is 0 Å². The topological polar surface area (TPSA) is 87.6 Å². The fourth-order valence-electron chi connectivity index (χ4n) is 2.67. The minimum absolute atomic E-state index is 0.0790. The van der Waals surface area contributed by atoms with Crippen molar-refractivity contribution in [2.75, 3.05) is 7.11 Å². The highest BCUT2D eigenvalue weighted by atomic mass is 32.1. The molecule has 0 radical (unpaired) electrons. The van der Waals surface area contributed by atoms with Crippen molar-refractivity contribution in [3.8, 4) is 16.5 Å². The first kappa shape index (κ1) is 17.3. The summed E-state index contributed by atoms with van der Waals surface area (Å²) in [5.41, 5.74) is 1.40. The van der Waals surface area contributed by atoms with Crippen LogP contribution in [0.3, 0.4) is 0 Å². The first-order chi connectivity index (χ1) is 13.1. The van der Waals surface area contributed by atoms with E-state index in [2.05, 4.69) is 10.2 Å². The van der Waals surface area contributed by atoms with Gasteiger partial charge in [0.25, 0.3) is 11.8 Å². The van der Waals surface area contributed by atoms with Gasteiger partial charge in [-0.25, -0.2) is 0 Å². The Bertz CT molecular complexity index is 1070. The van der Waals surface area contributed by atoms with Crippen LogP contribution in [-0.2, 0) is 16.0 Å². The monoisotopic (exact) mass is 384 g/mol. The minimum atomic E-state index is -0.642. The Labute approximate surface area is 158 Å². The van der Waals surface area contributed by atoms with Gasteiger partial charge in [-0.2, -0.15) is 0 Å². The highest BCUT2D eigenvalue weighted by Crippen LogP contribution is 2.28. The first-order valence-corrected chi connectivity index (χ1v) is 9.13. The molecule has 0 unspecified atom stereocenters. The van der Waals surface area contributed by atoms with E-state index >= 15 is 0 Å². The lowest BCUT2D eigenvalue weighted by Crippen LogP contribution is -2.11. The van der Waals surface area contributed by atoms with Crippen LogP contribution in [0.1, 0.15) is 24.5 Å². The van der Waals surface area contributed by atoms with Crippen molar-refractivity contribution in [3.05, 3.63) is 53.4 Å². The Morgan fingerprint density at radius 3 is 2.96 bits per heavy atom. The number of ether oxygens (including phenoxy) is 2. The number of carbonyl (C=O) groups excluding carboxylic acids is 1. The third kappa shape index (κ3) is 3.56. The number of benzene rings is 1. The van der Waals surface area contributed by atoms with Crippen LogP contribution in [0.25, 0.3) is 21.7 Å². The Morgan fingerprint density at radius 2 is 2.19 bits per heavy atom. The minimum Gasteiger partial charge on any atom is -0.497 e. The Hall–Kier alpha value is -3.13. The lowest BCUT2D eigenvalue weighted by molar-refractivity contribution is -0.148. The molecule has 1 atom stereocenters. The van der Waals surface area contributed by atoms with Gasteiger partial charge in [0.2, 0.25) is 0 Å². The number of hydrogen-bond acceptors (Lipinski definition) is 8. The number of fused-ring (bicyclic) bond motifs is 1. The highest BCUT2D eigenvalue weighted by molar-refractivity contribution is 7.13. The number of esters is 1. The molecule has 8 heteroatoms. The number of thiophene rings is 1. The van der Waals surface area contributed by atoms with Crippen LogP contribution in [-0.4, -0.2) is 23.3 Å². The molecule has 0 bridgehead atoms. The van der Waals surface area contributed by atoms with Gasteiger partial charge < -0.3 is 18.3 Å². The zero-order valence-corrected chi connectivity index (χ0v) is 15.5. The second-order valence-electron chi connectivity index (χ2n) is 5.85. The molecule has 0 aliphatic heterocycles. The number of rotatable bonds is 6. The summed E-state index contributed by atoms with van der Waals surface area (Å²) in [5.74, 6) is 0.959. The van der Waals surface area contributed by atoms with Gasteiger partial charge in [0.1, 0.15) is 11.3 Å². The largest absolute Gasteiger partial charge is 0.497 e. The van der Waals surface area contributed by atoms with Gasteiger partial charge in [-0.1, -0.05) is 6.07 Å². The Balaban J connectivity index is 1.43. The van der Waals surface area contributed by atoms with Gasteiger partial charge in [-0.15, -0.1) is 21.5 Å². The fraction of sp³-hybridized carbons (Fsp3) is 0.211. The predicted octanol–water partition coefficient (Wildman–Crippen LogP) is 4.40. The molecule has 0 N–H and O–H groups in total. The standard InChI is InChI=1S/C19H16N2O5S/c1-11(18-20-21-19(26-18)16-4-3-7-27-16)25-17(22)8-12-10-24-15-9-13(23-2)5-6-14(12)15/h3-7,9-11H,8H2,1-2H3/t11-/m1/s1. The van der Waals surface area contributed by atoms with Crippen molar-refractivity contribution in [1.82, 2.24) is 10.2 Å². The molecule has 3 heterocycles. The molecule has 7 nitrogen and oxygen atoms in total. The molecule has 4 aromatic rings. The molecule has 27 heavy (non-hydrogen) atoms. The van der Waals surface area contributed by atoms with E-state index in [0.717, 1.165) is 15.8 Å². The van der Waals surface area contributed by atoms with Gasteiger partial charge >= 0.3 is 5.97 Å². The third-order valence-electron chi connectivity index (χ3n) is 4.03. The van der Waals surface area contributed by atoms with Gasteiger partial charge in [0.05, 0.1) is 24.7 Å². The molecule has 0 amide bonds. The summed E-state index contributed by atoms with van der Waals surface area (Å²) >= 11 is 1.50. The van der Waals surface area contributed by atoms with E-state index < -0.39 is 12.1 Å². The summed E-state index contributed by atoms with van der Waals surface area (Å²) in [7, 11) is 1.59. The van der Waals surface area contributed by atoms with Crippen LogP contribution in [0.15, 0.2) is 50.8 Å². The molecular formula is C19H16N2O5S.